The van der Waals surface area contributed by atoms with E-state index in [1.54, 1.807) is 29.9 Å². The Labute approximate surface area is 177 Å². The monoisotopic (exact) mass is 442 g/mol. The molecule has 0 radical (unpaired) electrons. The molecule has 0 aliphatic carbocycles. The van der Waals surface area contributed by atoms with Crippen LogP contribution in [0, 0.1) is 0 Å². The van der Waals surface area contributed by atoms with Crippen LogP contribution >= 0.6 is 23.4 Å². The first kappa shape index (κ1) is 23.0. The minimum atomic E-state index is -0.291. The summed E-state index contributed by atoms with van der Waals surface area (Å²) in [5, 5.41) is 15.9. The fourth-order valence-electron chi connectivity index (χ4n) is 2.39. The van der Waals surface area contributed by atoms with Gasteiger partial charge in [0.2, 0.25) is 11.8 Å². The van der Waals surface area contributed by atoms with Crippen molar-refractivity contribution in [3.63, 3.8) is 0 Å². The van der Waals surface area contributed by atoms with Crippen LogP contribution in [-0.4, -0.2) is 59.6 Å². The average Bonchev–Trinajstić information content (AvgIpc) is 3.08. The summed E-state index contributed by atoms with van der Waals surface area (Å²) < 4.78 is 11.7. The van der Waals surface area contributed by atoms with Crippen LogP contribution in [0.1, 0.15) is 5.69 Å². The predicted molar refractivity (Wildman–Crippen MR) is 110 cm³/mol. The minimum absolute atomic E-state index is 0.0221. The van der Waals surface area contributed by atoms with Gasteiger partial charge in [-0.1, -0.05) is 23.4 Å². The molecule has 0 aliphatic rings. The van der Waals surface area contributed by atoms with Crippen molar-refractivity contribution < 1.29 is 24.2 Å². The van der Waals surface area contributed by atoms with Crippen molar-refractivity contribution in [2.24, 2.45) is 0 Å². The molecule has 0 atom stereocenters. The molecule has 0 unspecified atom stereocenters. The number of aromatic nitrogens is 2. The van der Waals surface area contributed by atoms with Gasteiger partial charge in [0.05, 0.1) is 43.7 Å². The van der Waals surface area contributed by atoms with Crippen LogP contribution in [0.2, 0.25) is 5.02 Å². The van der Waals surface area contributed by atoms with Crippen molar-refractivity contribution in [3.8, 4) is 5.75 Å². The van der Waals surface area contributed by atoms with E-state index >= 15 is 0 Å². The highest BCUT2D eigenvalue weighted by molar-refractivity contribution is 7.99. The SMILES string of the molecule is COCCNC(=O)Cn1c(CO)cnc1SCC(=O)Nc1cc(Cl)ccc1OC. The molecule has 0 spiro atoms. The molecule has 3 N–H and O–H groups in total. The summed E-state index contributed by atoms with van der Waals surface area (Å²) in [6, 6.07) is 4.92. The van der Waals surface area contributed by atoms with Crippen molar-refractivity contribution in [2.45, 2.75) is 18.3 Å². The summed E-state index contributed by atoms with van der Waals surface area (Å²) in [5.41, 5.74) is 0.939. The molecule has 11 heteroatoms. The van der Waals surface area contributed by atoms with Crippen LogP contribution in [0.4, 0.5) is 5.69 Å². The van der Waals surface area contributed by atoms with Crippen molar-refractivity contribution in [1.29, 1.82) is 0 Å². The zero-order valence-corrected chi connectivity index (χ0v) is 17.7. The fourth-order valence-corrected chi connectivity index (χ4v) is 3.36. The van der Waals surface area contributed by atoms with Crippen molar-refractivity contribution in [3.05, 3.63) is 35.1 Å². The first-order valence-electron chi connectivity index (χ1n) is 8.65. The second-order valence-corrected chi connectivity index (χ2v) is 7.18. The molecule has 9 nitrogen and oxygen atoms in total. The number of aliphatic hydroxyl groups is 1. The number of imidazole rings is 1. The standard InChI is InChI=1S/C18H23ClN4O5S/c1-27-6-5-20-16(25)9-23-13(10-24)8-21-18(23)29-11-17(26)22-14-7-12(19)3-4-15(14)28-2/h3-4,7-8,24H,5-6,9-11H2,1-2H3,(H,20,25)(H,22,26). The molecule has 1 aromatic heterocycles. The van der Waals surface area contributed by atoms with Gasteiger partial charge in [0.25, 0.3) is 0 Å². The van der Waals surface area contributed by atoms with Crippen molar-refractivity contribution in [2.75, 3.05) is 38.4 Å². The van der Waals surface area contributed by atoms with Crippen LogP contribution in [0.5, 0.6) is 5.75 Å². The Morgan fingerprint density at radius 1 is 1.31 bits per heavy atom. The highest BCUT2D eigenvalue weighted by Crippen LogP contribution is 2.28. The highest BCUT2D eigenvalue weighted by Gasteiger charge is 2.15. The van der Waals surface area contributed by atoms with E-state index in [1.165, 1.54) is 13.3 Å². The number of amides is 2. The van der Waals surface area contributed by atoms with Crippen LogP contribution in [0.3, 0.4) is 0 Å². The Bertz CT molecular complexity index is 846. The Balaban J connectivity index is 1.99. The number of methoxy groups -OCH3 is 2. The first-order valence-corrected chi connectivity index (χ1v) is 10.0. The number of hydrogen-bond donors (Lipinski definition) is 3. The number of ether oxygens (including phenoxy) is 2. The lowest BCUT2D eigenvalue weighted by atomic mass is 10.3. The number of nitrogens with zero attached hydrogens (tertiary/aromatic N) is 2. The summed E-state index contributed by atoms with van der Waals surface area (Å²) in [6.45, 7) is 0.485. The van der Waals surface area contributed by atoms with Crippen LogP contribution in [0.25, 0.3) is 0 Å². The Hall–Kier alpha value is -2.27. The summed E-state index contributed by atoms with van der Waals surface area (Å²) >= 11 is 7.12. The average molecular weight is 443 g/mol. The zero-order chi connectivity index (χ0) is 21.2. The zero-order valence-electron chi connectivity index (χ0n) is 16.1. The molecule has 0 bridgehead atoms. The van der Waals surface area contributed by atoms with E-state index in [9.17, 15) is 14.7 Å². The van der Waals surface area contributed by atoms with Gasteiger partial charge < -0.3 is 29.8 Å². The van der Waals surface area contributed by atoms with Crippen molar-refractivity contribution >= 4 is 40.9 Å². The normalized spacial score (nSPS) is 10.6. The molecular weight excluding hydrogens is 420 g/mol. The quantitative estimate of drug-likeness (QED) is 0.357. The molecular formula is C18H23ClN4O5S. The maximum atomic E-state index is 12.3. The van der Waals surface area contributed by atoms with Gasteiger partial charge in [-0.25, -0.2) is 4.98 Å². The molecule has 2 rings (SSSR count). The summed E-state index contributed by atoms with van der Waals surface area (Å²) in [4.78, 5) is 28.6. The van der Waals surface area contributed by atoms with Gasteiger partial charge in [-0.2, -0.15) is 0 Å². The molecule has 1 aromatic carbocycles. The maximum Gasteiger partial charge on any atom is 0.240 e. The predicted octanol–water partition coefficient (Wildman–Crippen LogP) is 1.53. The van der Waals surface area contributed by atoms with Crippen molar-refractivity contribution in [1.82, 2.24) is 14.9 Å². The third kappa shape index (κ3) is 6.93. The molecule has 0 saturated carbocycles. The first-order chi connectivity index (χ1) is 14.0. The number of rotatable bonds is 11. The molecule has 0 saturated heterocycles. The molecule has 29 heavy (non-hydrogen) atoms. The van der Waals surface area contributed by atoms with Crippen LogP contribution in [0.15, 0.2) is 29.6 Å². The number of nitrogens with one attached hydrogen (secondary N) is 2. The van der Waals surface area contributed by atoms with Crippen LogP contribution < -0.4 is 15.4 Å². The third-order valence-electron chi connectivity index (χ3n) is 3.76. The molecule has 0 fully saturated rings. The molecule has 158 valence electrons. The number of carbonyl (C=O) groups is 2. The Kier molecular flexibility index (Phi) is 9.26. The fraction of sp³-hybridized carbons (Fsp3) is 0.389. The summed E-state index contributed by atoms with van der Waals surface area (Å²) in [7, 11) is 3.04. The largest absolute Gasteiger partial charge is 0.495 e. The van der Waals surface area contributed by atoms with E-state index < -0.39 is 0 Å². The number of aliphatic hydroxyl groups excluding tert-OH is 1. The molecule has 1 heterocycles. The Morgan fingerprint density at radius 3 is 2.79 bits per heavy atom. The van der Waals surface area contributed by atoms with Gasteiger partial charge in [-0.15, -0.1) is 0 Å². The number of anilines is 1. The number of halogens is 1. The van der Waals surface area contributed by atoms with Gasteiger partial charge in [-0.3, -0.25) is 9.59 Å². The number of thioether (sulfide) groups is 1. The van der Waals surface area contributed by atoms with E-state index in [2.05, 4.69) is 15.6 Å². The topological polar surface area (TPSA) is 115 Å². The summed E-state index contributed by atoms with van der Waals surface area (Å²) in [6.07, 6.45) is 1.47. The lowest BCUT2D eigenvalue weighted by Crippen LogP contribution is -2.31. The number of benzene rings is 1. The molecule has 2 amide bonds. The second-order valence-electron chi connectivity index (χ2n) is 5.80. The highest BCUT2D eigenvalue weighted by atomic mass is 35.5. The number of carbonyl (C=O) groups excluding carboxylic acids is 2. The Morgan fingerprint density at radius 2 is 2.10 bits per heavy atom. The van der Waals surface area contributed by atoms with Gasteiger partial charge in [-0.05, 0) is 18.2 Å². The van der Waals surface area contributed by atoms with Gasteiger partial charge >= 0.3 is 0 Å². The third-order valence-corrected chi connectivity index (χ3v) is 4.99. The minimum Gasteiger partial charge on any atom is -0.495 e. The van der Waals surface area contributed by atoms with Gasteiger partial charge in [0.1, 0.15) is 12.3 Å². The van der Waals surface area contributed by atoms with E-state index in [0.29, 0.717) is 40.5 Å². The lowest BCUT2D eigenvalue weighted by molar-refractivity contribution is -0.122. The van der Waals surface area contributed by atoms with Gasteiger partial charge in [0, 0.05) is 18.7 Å². The maximum absolute atomic E-state index is 12.3. The summed E-state index contributed by atoms with van der Waals surface area (Å²) in [5.74, 6) is -0.00230. The lowest BCUT2D eigenvalue weighted by Gasteiger charge is -2.12. The number of hydrogen-bond acceptors (Lipinski definition) is 7. The van der Waals surface area contributed by atoms with E-state index in [4.69, 9.17) is 21.1 Å². The van der Waals surface area contributed by atoms with Gasteiger partial charge in [0.15, 0.2) is 5.16 Å². The van der Waals surface area contributed by atoms with E-state index in [0.717, 1.165) is 11.8 Å². The van der Waals surface area contributed by atoms with Crippen LogP contribution in [-0.2, 0) is 27.5 Å². The molecule has 2 aromatic rings. The van der Waals surface area contributed by atoms with E-state index in [1.807, 2.05) is 0 Å². The van der Waals surface area contributed by atoms with E-state index in [-0.39, 0.29) is 30.7 Å². The smallest absolute Gasteiger partial charge is 0.240 e. The second kappa shape index (κ2) is 11.7. The molecule has 0 aliphatic heterocycles.